The lowest BCUT2D eigenvalue weighted by atomic mass is 10.1. The van der Waals surface area contributed by atoms with E-state index >= 15 is 0 Å². The number of rotatable bonds is 4. The molecule has 0 bridgehead atoms. The molecule has 0 saturated heterocycles. The van der Waals surface area contributed by atoms with Gasteiger partial charge in [-0.05, 0) is 26.0 Å². The second kappa shape index (κ2) is 4.88. The molecule has 0 atom stereocenters. The molecule has 0 heterocycles. The summed E-state index contributed by atoms with van der Waals surface area (Å²) in [5.74, 6) is 0.845. The number of nitrogens with zero attached hydrogens (tertiary/aromatic N) is 1. The minimum Gasteiger partial charge on any atom is -0.497 e. The van der Waals surface area contributed by atoms with Gasteiger partial charge in [-0.2, -0.15) is 0 Å². The molecule has 0 fully saturated rings. The molecule has 0 amide bonds. The Labute approximate surface area is 96.5 Å². The van der Waals surface area contributed by atoms with Gasteiger partial charge in [-0.1, -0.05) is 0 Å². The van der Waals surface area contributed by atoms with Crippen molar-refractivity contribution in [1.29, 1.82) is 5.41 Å². The SMILES string of the molecule is COc1ccc(C(=N)N)c(N(C)C(C)C)c1. The minimum atomic E-state index is 0.0742. The molecule has 16 heavy (non-hydrogen) atoms. The van der Waals surface area contributed by atoms with E-state index in [4.69, 9.17) is 15.9 Å². The summed E-state index contributed by atoms with van der Waals surface area (Å²) in [6.07, 6.45) is 0. The van der Waals surface area contributed by atoms with Gasteiger partial charge in [0.1, 0.15) is 11.6 Å². The van der Waals surface area contributed by atoms with Crippen molar-refractivity contribution < 1.29 is 4.74 Å². The van der Waals surface area contributed by atoms with Crippen LogP contribution in [0.15, 0.2) is 18.2 Å². The molecule has 3 N–H and O–H groups in total. The third kappa shape index (κ3) is 2.45. The first kappa shape index (κ1) is 12.4. The number of benzene rings is 1. The van der Waals surface area contributed by atoms with Crippen molar-refractivity contribution in [1.82, 2.24) is 0 Å². The summed E-state index contributed by atoms with van der Waals surface area (Å²) in [5, 5.41) is 7.55. The fourth-order valence-electron chi connectivity index (χ4n) is 1.44. The molecule has 1 rings (SSSR count). The second-order valence-electron chi connectivity index (χ2n) is 4.00. The number of hydrogen-bond acceptors (Lipinski definition) is 3. The summed E-state index contributed by atoms with van der Waals surface area (Å²) in [6.45, 7) is 4.17. The monoisotopic (exact) mass is 221 g/mol. The van der Waals surface area contributed by atoms with Crippen LogP contribution in [0.2, 0.25) is 0 Å². The Bertz CT molecular complexity index is 388. The topological polar surface area (TPSA) is 62.3 Å². The highest BCUT2D eigenvalue weighted by Crippen LogP contribution is 2.26. The van der Waals surface area contributed by atoms with Crippen LogP contribution in [0.4, 0.5) is 5.69 Å². The molecule has 88 valence electrons. The summed E-state index contributed by atoms with van der Waals surface area (Å²) < 4.78 is 5.18. The van der Waals surface area contributed by atoms with E-state index < -0.39 is 0 Å². The zero-order valence-electron chi connectivity index (χ0n) is 10.2. The zero-order valence-corrected chi connectivity index (χ0v) is 10.2. The molecule has 1 aromatic carbocycles. The molecule has 1 aromatic rings. The lowest BCUT2D eigenvalue weighted by Crippen LogP contribution is -2.28. The van der Waals surface area contributed by atoms with Gasteiger partial charge in [0, 0.05) is 24.7 Å². The van der Waals surface area contributed by atoms with Crippen LogP contribution < -0.4 is 15.4 Å². The van der Waals surface area contributed by atoms with Crippen LogP contribution in [-0.4, -0.2) is 26.0 Å². The van der Waals surface area contributed by atoms with Crippen molar-refractivity contribution in [2.24, 2.45) is 5.73 Å². The van der Waals surface area contributed by atoms with E-state index in [1.54, 1.807) is 7.11 Å². The Morgan fingerprint density at radius 2 is 2.06 bits per heavy atom. The van der Waals surface area contributed by atoms with Crippen LogP contribution in [0.25, 0.3) is 0 Å². The van der Waals surface area contributed by atoms with Gasteiger partial charge in [0.05, 0.1) is 12.8 Å². The highest BCUT2D eigenvalue weighted by atomic mass is 16.5. The highest BCUT2D eigenvalue weighted by molar-refractivity contribution is 6.00. The van der Waals surface area contributed by atoms with Crippen molar-refractivity contribution in [3.63, 3.8) is 0 Å². The van der Waals surface area contributed by atoms with Gasteiger partial charge in [0.2, 0.25) is 0 Å². The standard InChI is InChI=1S/C12H19N3O/c1-8(2)15(3)11-7-9(16-4)5-6-10(11)12(13)14/h5-8H,1-4H3,(H3,13,14). The number of nitrogens with one attached hydrogen (secondary N) is 1. The first-order chi connectivity index (χ1) is 7.47. The molecule has 0 aliphatic carbocycles. The maximum atomic E-state index is 7.55. The van der Waals surface area contributed by atoms with Gasteiger partial charge in [0.25, 0.3) is 0 Å². The average Bonchev–Trinajstić information content (AvgIpc) is 2.26. The van der Waals surface area contributed by atoms with E-state index in [9.17, 15) is 0 Å². The van der Waals surface area contributed by atoms with E-state index in [1.165, 1.54) is 0 Å². The number of methoxy groups -OCH3 is 1. The second-order valence-corrected chi connectivity index (χ2v) is 4.00. The summed E-state index contributed by atoms with van der Waals surface area (Å²) in [7, 11) is 3.60. The largest absolute Gasteiger partial charge is 0.497 e. The predicted molar refractivity (Wildman–Crippen MR) is 67.5 cm³/mol. The maximum absolute atomic E-state index is 7.55. The first-order valence-corrected chi connectivity index (χ1v) is 5.22. The molecule has 0 radical (unpaired) electrons. The lowest BCUT2D eigenvalue weighted by Gasteiger charge is -2.26. The van der Waals surface area contributed by atoms with Gasteiger partial charge in [-0.25, -0.2) is 0 Å². The number of nitrogens with two attached hydrogens (primary N) is 1. The van der Waals surface area contributed by atoms with Crippen LogP contribution in [0.3, 0.4) is 0 Å². The number of anilines is 1. The number of nitrogen functional groups attached to an aromatic ring is 1. The predicted octanol–water partition coefficient (Wildman–Crippen LogP) is 1.82. The Hall–Kier alpha value is -1.71. The van der Waals surface area contributed by atoms with Crippen molar-refractivity contribution >= 4 is 11.5 Å². The summed E-state index contributed by atoms with van der Waals surface area (Å²) in [6, 6.07) is 5.87. The Balaban J connectivity index is 3.25. The van der Waals surface area contributed by atoms with E-state index in [0.717, 1.165) is 17.0 Å². The van der Waals surface area contributed by atoms with E-state index in [1.807, 2.05) is 25.2 Å². The maximum Gasteiger partial charge on any atom is 0.124 e. The zero-order chi connectivity index (χ0) is 12.3. The van der Waals surface area contributed by atoms with Crippen LogP contribution in [0, 0.1) is 5.41 Å². The minimum absolute atomic E-state index is 0.0742. The van der Waals surface area contributed by atoms with Gasteiger partial charge < -0.3 is 15.4 Å². The third-order valence-electron chi connectivity index (χ3n) is 2.65. The average molecular weight is 221 g/mol. The molecule has 0 aliphatic rings. The highest BCUT2D eigenvalue weighted by Gasteiger charge is 2.13. The van der Waals surface area contributed by atoms with Gasteiger partial charge >= 0.3 is 0 Å². The van der Waals surface area contributed by atoms with Crippen LogP contribution in [0.1, 0.15) is 19.4 Å². The van der Waals surface area contributed by atoms with E-state index in [0.29, 0.717) is 6.04 Å². The fraction of sp³-hybridized carbons (Fsp3) is 0.417. The molecule has 0 aromatic heterocycles. The number of ether oxygens (including phenoxy) is 1. The molecular weight excluding hydrogens is 202 g/mol. The molecule has 0 spiro atoms. The van der Waals surface area contributed by atoms with Crippen LogP contribution >= 0.6 is 0 Å². The third-order valence-corrected chi connectivity index (χ3v) is 2.65. The van der Waals surface area contributed by atoms with Crippen molar-refractivity contribution in [3.8, 4) is 5.75 Å². The summed E-state index contributed by atoms with van der Waals surface area (Å²) in [4.78, 5) is 2.07. The van der Waals surface area contributed by atoms with Crippen LogP contribution in [-0.2, 0) is 0 Å². The normalized spacial score (nSPS) is 10.3. The first-order valence-electron chi connectivity index (χ1n) is 5.22. The van der Waals surface area contributed by atoms with Crippen LogP contribution in [0.5, 0.6) is 5.75 Å². The molecule has 0 saturated carbocycles. The molecule has 4 nitrogen and oxygen atoms in total. The fourth-order valence-corrected chi connectivity index (χ4v) is 1.44. The van der Waals surface area contributed by atoms with Crippen molar-refractivity contribution in [2.75, 3.05) is 19.1 Å². The van der Waals surface area contributed by atoms with Crippen molar-refractivity contribution in [3.05, 3.63) is 23.8 Å². The summed E-state index contributed by atoms with van der Waals surface area (Å²) >= 11 is 0. The molecule has 0 unspecified atom stereocenters. The van der Waals surface area contributed by atoms with E-state index in [-0.39, 0.29) is 5.84 Å². The van der Waals surface area contributed by atoms with Gasteiger partial charge in [-0.3, -0.25) is 5.41 Å². The summed E-state index contributed by atoms with van der Waals surface area (Å²) in [5.41, 5.74) is 7.21. The molecular formula is C12H19N3O. The van der Waals surface area contributed by atoms with Gasteiger partial charge in [0.15, 0.2) is 0 Å². The van der Waals surface area contributed by atoms with Crippen molar-refractivity contribution in [2.45, 2.75) is 19.9 Å². The van der Waals surface area contributed by atoms with E-state index in [2.05, 4.69) is 18.7 Å². The number of hydrogen-bond donors (Lipinski definition) is 2. The molecule has 4 heteroatoms. The Kier molecular flexibility index (Phi) is 3.77. The molecule has 0 aliphatic heterocycles. The smallest absolute Gasteiger partial charge is 0.124 e. The Morgan fingerprint density at radius 3 is 2.50 bits per heavy atom. The quantitative estimate of drug-likeness (QED) is 0.602. The number of amidine groups is 1. The lowest BCUT2D eigenvalue weighted by molar-refractivity contribution is 0.414. The van der Waals surface area contributed by atoms with Gasteiger partial charge in [-0.15, -0.1) is 0 Å². The Morgan fingerprint density at radius 1 is 1.44 bits per heavy atom.